The summed E-state index contributed by atoms with van der Waals surface area (Å²) in [6, 6.07) is 22.7. The Morgan fingerprint density at radius 1 is 0.625 bits per heavy atom. The summed E-state index contributed by atoms with van der Waals surface area (Å²) >= 11 is 6.14. The number of pyridine rings is 2. The number of fused-ring (bicyclic) bond motifs is 2. The molecule has 0 unspecified atom stereocenters. The molecule has 336 valence electrons. The van der Waals surface area contributed by atoms with Gasteiger partial charge in [0.2, 0.25) is 0 Å². The minimum absolute atomic E-state index is 0.0696. The van der Waals surface area contributed by atoms with Gasteiger partial charge in [0.25, 0.3) is 0 Å². The van der Waals surface area contributed by atoms with Crippen molar-refractivity contribution in [3.05, 3.63) is 103 Å². The van der Waals surface area contributed by atoms with Crippen LogP contribution in [0, 0.1) is 0 Å². The van der Waals surface area contributed by atoms with Gasteiger partial charge in [-0.1, -0.05) is 72.3 Å². The van der Waals surface area contributed by atoms with Crippen LogP contribution < -0.4 is 15.3 Å². The maximum Gasteiger partial charge on any atom is 0.488 e. The predicted octanol–water partition coefficient (Wildman–Crippen LogP) is 6.63. The first-order valence-electron chi connectivity index (χ1n) is 21.2. The zero-order valence-corrected chi connectivity index (χ0v) is 38.3. The summed E-state index contributed by atoms with van der Waals surface area (Å²) in [6.07, 6.45) is 6.50. The first kappa shape index (κ1) is 47.3. The van der Waals surface area contributed by atoms with Crippen molar-refractivity contribution < 1.29 is 29.1 Å². The fraction of sp³-hybridized carbons (Fsp3) is 0.391. The molecule has 64 heavy (non-hydrogen) atoms. The average Bonchev–Trinajstić information content (AvgIpc) is 3.26. The Hall–Kier alpha value is -6.17. The van der Waals surface area contributed by atoms with Gasteiger partial charge in [0.05, 0.1) is 0 Å². The lowest BCUT2D eigenvalue weighted by atomic mass is 9.81. The lowest BCUT2D eigenvalue weighted by Crippen LogP contribution is -2.55. The molecule has 2 aromatic carbocycles. The van der Waals surface area contributed by atoms with Crippen LogP contribution in [0.2, 0.25) is 5.15 Å². The van der Waals surface area contributed by atoms with Crippen LogP contribution in [0.3, 0.4) is 0 Å². The lowest BCUT2D eigenvalue weighted by Gasteiger charge is -2.40. The fourth-order valence-corrected chi connectivity index (χ4v) is 7.53. The van der Waals surface area contributed by atoms with Crippen LogP contribution in [-0.4, -0.2) is 132 Å². The van der Waals surface area contributed by atoms with Crippen LogP contribution in [0.15, 0.2) is 97.6 Å². The number of aromatic nitrogens is 6. The van der Waals surface area contributed by atoms with Gasteiger partial charge in [0.15, 0.2) is 16.8 Å². The second-order valence-electron chi connectivity index (χ2n) is 17.6. The van der Waals surface area contributed by atoms with Gasteiger partial charge in [0, 0.05) is 103 Å². The third-order valence-corrected chi connectivity index (χ3v) is 10.6. The van der Waals surface area contributed by atoms with Crippen LogP contribution in [0.1, 0.15) is 55.4 Å². The molecule has 0 spiro atoms. The third kappa shape index (κ3) is 12.1. The molecule has 2 atom stereocenters. The molecule has 0 aliphatic carbocycles. The number of hydrogen-bond acceptors (Lipinski definition) is 14. The zero-order valence-electron chi connectivity index (χ0n) is 37.6. The Bertz CT molecular complexity index is 2510. The Kier molecular flexibility index (Phi) is 15.2. The van der Waals surface area contributed by atoms with Crippen LogP contribution in [-0.2, 0) is 9.47 Å². The number of hydrogen-bond donors (Lipinski definition) is 2. The summed E-state index contributed by atoms with van der Waals surface area (Å²) in [4.78, 5) is 41.1. The molecule has 18 heteroatoms. The second kappa shape index (κ2) is 20.6. The van der Waals surface area contributed by atoms with E-state index in [1.54, 1.807) is 52.7 Å². The topological polar surface area (TPSA) is 183 Å². The molecule has 2 fully saturated rings. The van der Waals surface area contributed by atoms with Crippen molar-refractivity contribution in [1.82, 2.24) is 40.2 Å². The predicted molar refractivity (Wildman–Crippen MR) is 251 cm³/mol. The molecule has 0 bridgehead atoms. The van der Waals surface area contributed by atoms with Crippen LogP contribution in [0.5, 0.6) is 0 Å². The van der Waals surface area contributed by atoms with Crippen molar-refractivity contribution in [2.75, 3.05) is 49.1 Å². The highest BCUT2D eigenvalue weighted by Gasteiger charge is 2.33. The van der Waals surface area contributed by atoms with E-state index >= 15 is 0 Å². The van der Waals surface area contributed by atoms with Crippen molar-refractivity contribution >= 4 is 69.5 Å². The molecular weight excluding hydrogens is 835 g/mol. The fourth-order valence-electron chi connectivity index (χ4n) is 7.32. The van der Waals surface area contributed by atoms with Crippen molar-refractivity contribution in [2.45, 2.75) is 78.7 Å². The molecule has 6 heterocycles. The smallest absolute Gasteiger partial charge is 0.444 e. The number of carbonyl (C=O) groups is 2. The van der Waals surface area contributed by atoms with E-state index in [1.165, 1.54) is 0 Å². The number of amides is 2. The third-order valence-electron chi connectivity index (χ3n) is 10.3. The first-order valence-corrected chi connectivity index (χ1v) is 21.6. The number of ether oxygens (including phenoxy) is 2. The molecule has 6 aromatic rings. The highest BCUT2D eigenvalue weighted by molar-refractivity contribution is 6.58. The summed E-state index contributed by atoms with van der Waals surface area (Å²) in [6.45, 7) is 18.9. The molecule has 0 radical (unpaired) electrons. The standard InChI is InChI=1S/C23H27N5O2.C17H22ClN5O2.C6H7BO2/c1-16-15-27(22(29)30-23(2,3)4)12-13-28(16)21-19-14-24-11-10-18(19)20(25-26-21)17-8-6-5-7-9-17;1-11-10-22(16(24)25-17(2,3)4)7-8-23(11)15-13-9-19-6-5-12(13)14(18)20-21-15;8-7(9)6-4-2-1-3-5-6/h5-11,14,16H,12-13,15H2,1-4H3;5-6,9,11H,7-8,10H2,1-4H3;1-5,8-9H/t16-;11-;/m11./s1. The molecule has 16 nitrogen and oxygen atoms in total. The van der Waals surface area contributed by atoms with Gasteiger partial charge in [-0.25, -0.2) is 9.59 Å². The molecule has 2 N–H and O–H groups in total. The van der Waals surface area contributed by atoms with E-state index in [0.717, 1.165) is 44.4 Å². The van der Waals surface area contributed by atoms with E-state index in [4.69, 9.17) is 31.1 Å². The number of halogens is 1. The summed E-state index contributed by atoms with van der Waals surface area (Å²) in [5.41, 5.74) is 1.39. The number of carbonyl (C=O) groups excluding carboxylic acids is 2. The number of rotatable bonds is 4. The lowest BCUT2D eigenvalue weighted by molar-refractivity contribution is 0.0208. The van der Waals surface area contributed by atoms with Gasteiger partial charge in [-0.2, -0.15) is 0 Å². The van der Waals surface area contributed by atoms with Crippen molar-refractivity contribution in [2.24, 2.45) is 0 Å². The van der Waals surface area contributed by atoms with E-state index in [9.17, 15) is 9.59 Å². The molecule has 2 saturated heterocycles. The Morgan fingerprint density at radius 3 is 1.53 bits per heavy atom. The van der Waals surface area contributed by atoms with E-state index in [1.807, 2.05) is 96.3 Å². The minimum atomic E-state index is -1.34. The largest absolute Gasteiger partial charge is 0.488 e. The van der Waals surface area contributed by atoms with E-state index in [2.05, 4.69) is 54.0 Å². The van der Waals surface area contributed by atoms with Crippen molar-refractivity contribution in [3.8, 4) is 11.3 Å². The Labute approximate surface area is 379 Å². The van der Waals surface area contributed by atoms with Gasteiger partial charge in [-0.3, -0.25) is 9.97 Å². The summed E-state index contributed by atoms with van der Waals surface area (Å²) in [5, 5.41) is 38.7. The van der Waals surface area contributed by atoms with Gasteiger partial charge in [-0.15, -0.1) is 20.4 Å². The summed E-state index contributed by atoms with van der Waals surface area (Å²) < 4.78 is 11.0. The van der Waals surface area contributed by atoms with Crippen LogP contribution >= 0.6 is 11.6 Å². The maximum absolute atomic E-state index is 12.5. The monoisotopic (exact) mass is 890 g/mol. The normalized spacial score (nSPS) is 16.6. The first-order chi connectivity index (χ1) is 30.4. The van der Waals surface area contributed by atoms with Crippen LogP contribution in [0.4, 0.5) is 21.2 Å². The van der Waals surface area contributed by atoms with Gasteiger partial charge in [0.1, 0.15) is 16.9 Å². The number of piperazine rings is 2. The molecule has 4 aromatic heterocycles. The highest BCUT2D eigenvalue weighted by Crippen LogP contribution is 2.33. The minimum Gasteiger partial charge on any atom is -0.444 e. The Balaban J connectivity index is 0.000000180. The number of benzene rings is 2. The highest BCUT2D eigenvalue weighted by atomic mass is 35.5. The Morgan fingerprint density at radius 2 is 1.08 bits per heavy atom. The van der Waals surface area contributed by atoms with Gasteiger partial charge in [-0.05, 0) is 73.0 Å². The average molecular weight is 891 g/mol. The molecule has 8 rings (SSSR count). The van der Waals surface area contributed by atoms with E-state index in [0.29, 0.717) is 49.9 Å². The van der Waals surface area contributed by atoms with Crippen molar-refractivity contribution in [3.63, 3.8) is 0 Å². The summed E-state index contributed by atoms with van der Waals surface area (Å²) in [7, 11) is -1.34. The molecular formula is C46H56BClN10O6. The number of anilines is 2. The maximum atomic E-state index is 12.5. The molecule has 2 amide bonds. The van der Waals surface area contributed by atoms with Gasteiger partial charge < -0.3 is 39.1 Å². The number of nitrogens with zero attached hydrogens (tertiary/aromatic N) is 10. The van der Waals surface area contributed by atoms with E-state index in [-0.39, 0.29) is 24.3 Å². The molecule has 2 aliphatic rings. The molecule has 0 saturated carbocycles. The molecule has 2 aliphatic heterocycles. The van der Waals surface area contributed by atoms with Crippen molar-refractivity contribution in [1.29, 1.82) is 0 Å². The van der Waals surface area contributed by atoms with Crippen LogP contribution in [0.25, 0.3) is 32.8 Å². The summed E-state index contributed by atoms with van der Waals surface area (Å²) in [5.74, 6) is 1.54. The second-order valence-corrected chi connectivity index (χ2v) is 18.0. The zero-order chi connectivity index (χ0) is 46.2. The van der Waals surface area contributed by atoms with Gasteiger partial charge >= 0.3 is 19.3 Å². The SMILES string of the molecule is C[C@@H]1CN(C(=O)OC(C)(C)C)CCN1c1nnc(-c2ccccc2)c2ccncc12.C[C@@H]1CN(C(=O)OC(C)(C)C)CCN1c1nnc(Cl)c2ccncc12.OB(O)c1ccccc1. The van der Waals surface area contributed by atoms with E-state index < -0.39 is 18.3 Å². The quantitative estimate of drug-likeness (QED) is 0.180.